The van der Waals surface area contributed by atoms with Crippen LogP contribution < -0.4 is 0 Å². The molecule has 3 atom stereocenters. The number of fused-ring (bicyclic) bond motifs is 3. The topological polar surface area (TPSA) is 3.24 Å². The molecule has 0 radical (unpaired) electrons. The van der Waals surface area contributed by atoms with Crippen LogP contribution in [0.2, 0.25) is 0 Å². The van der Waals surface area contributed by atoms with Gasteiger partial charge in [0, 0.05) is 18.5 Å². The summed E-state index contributed by atoms with van der Waals surface area (Å²) in [5, 5.41) is 0. The molecule has 0 spiro atoms. The van der Waals surface area contributed by atoms with Crippen molar-refractivity contribution < 1.29 is 0 Å². The van der Waals surface area contributed by atoms with Crippen molar-refractivity contribution in [2.45, 2.75) is 38.1 Å². The minimum Gasteiger partial charge on any atom is -0.302 e. The van der Waals surface area contributed by atoms with Gasteiger partial charge >= 0.3 is 0 Å². The molecule has 2 aromatic carbocycles. The summed E-state index contributed by atoms with van der Waals surface area (Å²) < 4.78 is 0. The molecule has 2 aromatic rings. The lowest BCUT2D eigenvalue weighted by molar-refractivity contribution is 0.259. The average Bonchev–Trinajstić information content (AvgIpc) is 2.84. The Morgan fingerprint density at radius 2 is 1.95 bits per heavy atom. The van der Waals surface area contributed by atoms with E-state index in [4.69, 9.17) is 0 Å². The number of likely N-dealkylation sites (N-methyl/N-ethyl adjacent to an activating group) is 1. The van der Waals surface area contributed by atoms with Crippen molar-refractivity contribution in [2.24, 2.45) is 5.92 Å². The van der Waals surface area contributed by atoms with Crippen LogP contribution >= 0.6 is 0 Å². The average molecular weight is 291 g/mol. The fourth-order valence-electron chi connectivity index (χ4n) is 4.73. The molecule has 1 nitrogen and oxygen atoms in total. The van der Waals surface area contributed by atoms with Crippen molar-refractivity contribution >= 4 is 0 Å². The number of aryl methyl sites for hydroxylation is 2. The Hall–Kier alpha value is -1.60. The number of likely N-dealkylation sites (tertiary alicyclic amines) is 1. The summed E-state index contributed by atoms with van der Waals surface area (Å²) in [6, 6.07) is 18.9. The molecule has 1 aliphatic carbocycles. The van der Waals surface area contributed by atoms with Crippen LogP contribution in [-0.2, 0) is 12.8 Å². The molecule has 0 bridgehead atoms. The molecule has 114 valence electrons. The second-order valence-electron chi connectivity index (χ2n) is 7.21. The Morgan fingerprint density at radius 3 is 2.82 bits per heavy atom. The Balaban J connectivity index is 1.61. The molecule has 1 heteroatoms. The second-order valence-corrected chi connectivity index (χ2v) is 7.21. The molecular weight excluding hydrogens is 266 g/mol. The largest absolute Gasteiger partial charge is 0.302 e. The molecule has 1 fully saturated rings. The van der Waals surface area contributed by atoms with Gasteiger partial charge in [0.1, 0.15) is 0 Å². The third-order valence-electron chi connectivity index (χ3n) is 5.79. The van der Waals surface area contributed by atoms with Crippen molar-refractivity contribution in [3.63, 3.8) is 0 Å². The van der Waals surface area contributed by atoms with E-state index in [0.29, 0.717) is 6.04 Å². The van der Waals surface area contributed by atoms with Crippen molar-refractivity contribution in [1.82, 2.24) is 4.90 Å². The lowest BCUT2D eigenvalue weighted by atomic mass is 9.73. The summed E-state index contributed by atoms with van der Waals surface area (Å²) in [6.07, 6.45) is 3.81. The number of rotatable bonds is 2. The monoisotopic (exact) mass is 291 g/mol. The Morgan fingerprint density at radius 1 is 1.09 bits per heavy atom. The van der Waals surface area contributed by atoms with E-state index in [2.05, 4.69) is 67.4 Å². The van der Waals surface area contributed by atoms with Gasteiger partial charge in [0.2, 0.25) is 0 Å². The molecule has 4 rings (SSSR count). The zero-order valence-corrected chi connectivity index (χ0v) is 13.6. The van der Waals surface area contributed by atoms with E-state index < -0.39 is 0 Å². The van der Waals surface area contributed by atoms with Crippen LogP contribution in [0, 0.1) is 12.8 Å². The molecule has 0 saturated carbocycles. The Bertz CT molecular complexity index is 675. The Kier molecular flexibility index (Phi) is 3.54. The smallest absolute Gasteiger partial charge is 0.0167 e. The summed E-state index contributed by atoms with van der Waals surface area (Å²) in [5.41, 5.74) is 6.09. The summed E-state index contributed by atoms with van der Waals surface area (Å²) in [5.74, 6) is 1.56. The normalized spacial score (nSPS) is 27.5. The highest BCUT2D eigenvalue weighted by Gasteiger charge is 2.42. The van der Waals surface area contributed by atoms with E-state index in [1.54, 1.807) is 11.1 Å². The molecule has 1 saturated heterocycles. The van der Waals surface area contributed by atoms with Crippen LogP contribution in [0.25, 0.3) is 0 Å². The first-order valence-corrected chi connectivity index (χ1v) is 8.56. The molecule has 2 aliphatic rings. The minimum absolute atomic E-state index is 0.695. The third-order valence-corrected chi connectivity index (χ3v) is 5.79. The van der Waals surface area contributed by atoms with E-state index in [-0.39, 0.29) is 0 Å². The van der Waals surface area contributed by atoms with Gasteiger partial charge in [0.05, 0.1) is 0 Å². The van der Waals surface area contributed by atoms with Gasteiger partial charge in [-0.15, -0.1) is 0 Å². The highest BCUT2D eigenvalue weighted by molar-refractivity contribution is 5.36. The maximum atomic E-state index is 2.61. The first-order valence-electron chi connectivity index (χ1n) is 8.56. The summed E-state index contributed by atoms with van der Waals surface area (Å²) in [7, 11) is 2.32. The van der Waals surface area contributed by atoms with Gasteiger partial charge in [-0.25, -0.2) is 0 Å². The maximum Gasteiger partial charge on any atom is 0.0167 e. The fraction of sp³-hybridized carbons (Fsp3) is 0.429. The highest BCUT2D eigenvalue weighted by atomic mass is 15.2. The standard InChI is InChI=1S/C21H25N/c1-15-6-5-7-16(12-15)13-21-19-11-10-17-8-3-4-9-18(17)20(19)14-22(21)2/h3-9,12,19-21H,10-11,13-14H2,1-2H3/t19?,20-,21+/m0/s1. The van der Waals surface area contributed by atoms with Crippen LogP contribution in [0.4, 0.5) is 0 Å². The summed E-state index contributed by atoms with van der Waals surface area (Å²) >= 11 is 0. The predicted octanol–water partition coefficient (Wildman–Crippen LogP) is 4.20. The third kappa shape index (κ3) is 2.38. The number of hydrogen-bond acceptors (Lipinski definition) is 1. The van der Waals surface area contributed by atoms with Gasteiger partial charge in [-0.3, -0.25) is 0 Å². The van der Waals surface area contributed by atoms with Crippen molar-refractivity contribution in [1.29, 1.82) is 0 Å². The molecule has 0 N–H and O–H groups in total. The fourth-order valence-corrected chi connectivity index (χ4v) is 4.73. The van der Waals surface area contributed by atoms with Crippen molar-refractivity contribution in [3.8, 4) is 0 Å². The van der Waals surface area contributed by atoms with Crippen molar-refractivity contribution in [2.75, 3.05) is 13.6 Å². The van der Waals surface area contributed by atoms with E-state index in [1.165, 1.54) is 36.9 Å². The molecule has 0 amide bonds. The first kappa shape index (κ1) is 14.0. The summed E-state index contributed by atoms with van der Waals surface area (Å²) in [6.45, 7) is 3.42. The minimum atomic E-state index is 0.695. The molecule has 22 heavy (non-hydrogen) atoms. The Labute approximate surface area is 134 Å². The highest BCUT2D eigenvalue weighted by Crippen LogP contribution is 2.45. The number of nitrogens with zero attached hydrogens (tertiary/aromatic N) is 1. The summed E-state index contributed by atoms with van der Waals surface area (Å²) in [4.78, 5) is 2.61. The van der Waals surface area contributed by atoms with Crippen LogP contribution in [0.15, 0.2) is 48.5 Å². The zero-order chi connectivity index (χ0) is 15.1. The SMILES string of the molecule is Cc1cccc(C[C@@H]2C3CCc4ccccc4[C@@H]3CN2C)c1. The number of benzene rings is 2. The van der Waals surface area contributed by atoms with E-state index in [0.717, 1.165) is 11.8 Å². The molecular formula is C21H25N. The van der Waals surface area contributed by atoms with Crippen molar-refractivity contribution in [3.05, 3.63) is 70.8 Å². The zero-order valence-electron chi connectivity index (χ0n) is 13.6. The van der Waals surface area contributed by atoms with Crippen LogP contribution in [0.3, 0.4) is 0 Å². The van der Waals surface area contributed by atoms with E-state index >= 15 is 0 Å². The lowest BCUT2D eigenvalue weighted by Crippen LogP contribution is -2.32. The molecule has 1 heterocycles. The molecule has 1 unspecified atom stereocenters. The lowest BCUT2D eigenvalue weighted by Gasteiger charge is -2.31. The van der Waals surface area contributed by atoms with E-state index in [1.807, 2.05) is 0 Å². The van der Waals surface area contributed by atoms with Crippen LogP contribution in [0.5, 0.6) is 0 Å². The van der Waals surface area contributed by atoms with Gasteiger partial charge in [-0.1, -0.05) is 54.1 Å². The predicted molar refractivity (Wildman–Crippen MR) is 92.3 cm³/mol. The number of hydrogen-bond donors (Lipinski definition) is 0. The van der Waals surface area contributed by atoms with Gasteiger partial charge < -0.3 is 4.90 Å². The van der Waals surface area contributed by atoms with Crippen LogP contribution in [0.1, 0.15) is 34.6 Å². The van der Waals surface area contributed by atoms with Gasteiger partial charge in [-0.05, 0) is 55.8 Å². The second kappa shape index (κ2) is 5.55. The van der Waals surface area contributed by atoms with Gasteiger partial charge in [-0.2, -0.15) is 0 Å². The van der Waals surface area contributed by atoms with E-state index in [9.17, 15) is 0 Å². The van der Waals surface area contributed by atoms with Gasteiger partial charge in [0.25, 0.3) is 0 Å². The quantitative estimate of drug-likeness (QED) is 0.801. The molecule has 0 aromatic heterocycles. The van der Waals surface area contributed by atoms with Crippen LogP contribution in [-0.4, -0.2) is 24.5 Å². The van der Waals surface area contributed by atoms with Gasteiger partial charge in [0.15, 0.2) is 0 Å². The first-order chi connectivity index (χ1) is 10.7. The molecule has 1 aliphatic heterocycles. The maximum absolute atomic E-state index is 2.61.